The largest absolute Gasteiger partial charge is 0.389 e. The number of imidazole rings is 1. The van der Waals surface area contributed by atoms with Gasteiger partial charge in [0, 0.05) is 23.7 Å². The molecule has 0 radical (unpaired) electrons. The monoisotopic (exact) mass is 447 g/mol. The zero-order valence-electron chi connectivity index (χ0n) is 16.8. The number of nitrogens with zero attached hydrogens (tertiary/aromatic N) is 3. The number of halogens is 4. The Bertz CT molecular complexity index is 1170. The van der Waals surface area contributed by atoms with Crippen molar-refractivity contribution >= 4 is 34.2 Å². The molecule has 0 bridgehead atoms. The molecule has 0 saturated heterocycles. The van der Waals surface area contributed by atoms with Gasteiger partial charge in [-0.2, -0.15) is 13.2 Å². The number of anilines is 1. The molecule has 2 aliphatic rings. The van der Waals surface area contributed by atoms with Crippen LogP contribution in [-0.2, 0) is 23.3 Å². The average Bonchev–Trinajstić information content (AvgIpc) is 3.13. The predicted octanol–water partition coefficient (Wildman–Crippen LogP) is 6.00. The van der Waals surface area contributed by atoms with Crippen molar-refractivity contribution in [3.63, 3.8) is 0 Å². The summed E-state index contributed by atoms with van der Waals surface area (Å²) in [5.74, 6) is 0.630. The van der Waals surface area contributed by atoms with Gasteiger partial charge in [-0.25, -0.2) is 4.98 Å². The lowest BCUT2D eigenvalue weighted by Crippen LogP contribution is -2.45. The van der Waals surface area contributed by atoms with E-state index in [0.717, 1.165) is 36.0 Å². The number of aromatic nitrogens is 2. The number of hydrogen-bond acceptors (Lipinski definition) is 2. The van der Waals surface area contributed by atoms with Gasteiger partial charge in [-0.15, -0.1) is 0 Å². The molecule has 5 rings (SSSR count). The van der Waals surface area contributed by atoms with E-state index in [0.29, 0.717) is 16.4 Å². The molecular formula is C23H21ClF3N3O. The summed E-state index contributed by atoms with van der Waals surface area (Å²) in [6.45, 7) is 0.387. The Hall–Kier alpha value is -2.54. The van der Waals surface area contributed by atoms with E-state index in [4.69, 9.17) is 11.6 Å². The molecular weight excluding hydrogens is 427 g/mol. The molecule has 1 fully saturated rings. The Morgan fingerprint density at radius 2 is 1.90 bits per heavy atom. The zero-order valence-corrected chi connectivity index (χ0v) is 17.5. The van der Waals surface area contributed by atoms with Crippen LogP contribution >= 0.6 is 11.6 Å². The fourth-order valence-electron chi connectivity index (χ4n) is 4.87. The number of carbonyl (C=O) groups excluding carboxylic acids is 1. The van der Waals surface area contributed by atoms with Crippen LogP contribution in [0.15, 0.2) is 42.5 Å². The summed E-state index contributed by atoms with van der Waals surface area (Å²) in [5, 5.41) is 0.509. The summed E-state index contributed by atoms with van der Waals surface area (Å²) in [6, 6.07) is 13.0. The van der Waals surface area contributed by atoms with Gasteiger partial charge in [-0.1, -0.05) is 36.2 Å². The van der Waals surface area contributed by atoms with Crippen LogP contribution in [-0.4, -0.2) is 21.6 Å². The van der Waals surface area contributed by atoms with Crippen molar-refractivity contribution < 1.29 is 18.0 Å². The van der Waals surface area contributed by atoms with Gasteiger partial charge in [0.05, 0.1) is 23.0 Å². The molecule has 0 atom stereocenters. The normalized spacial score (nSPS) is 17.4. The highest BCUT2D eigenvalue weighted by Gasteiger charge is 2.54. The number of rotatable bonds is 5. The average molecular weight is 448 g/mol. The van der Waals surface area contributed by atoms with Crippen LogP contribution in [0.4, 0.5) is 18.9 Å². The van der Waals surface area contributed by atoms with Crippen LogP contribution in [0.5, 0.6) is 0 Å². The molecule has 2 aromatic carbocycles. The molecule has 1 spiro atoms. The quantitative estimate of drug-likeness (QED) is 0.481. The van der Waals surface area contributed by atoms with Crippen LogP contribution in [0.25, 0.3) is 11.0 Å². The third-order valence-electron chi connectivity index (χ3n) is 6.50. The molecule has 8 heteroatoms. The highest BCUT2D eigenvalue weighted by atomic mass is 35.5. The first-order valence-electron chi connectivity index (χ1n) is 10.4. The summed E-state index contributed by atoms with van der Waals surface area (Å²) >= 11 is 6.11. The minimum absolute atomic E-state index is 0.0565. The Labute approximate surface area is 182 Å². The van der Waals surface area contributed by atoms with E-state index in [1.807, 2.05) is 24.3 Å². The van der Waals surface area contributed by atoms with E-state index in [2.05, 4.69) is 4.98 Å². The Morgan fingerprint density at radius 1 is 1.13 bits per heavy atom. The van der Waals surface area contributed by atoms with Gasteiger partial charge in [-0.05, 0) is 49.1 Å². The van der Waals surface area contributed by atoms with E-state index < -0.39 is 18.0 Å². The third-order valence-corrected chi connectivity index (χ3v) is 6.74. The Balaban J connectivity index is 1.51. The van der Waals surface area contributed by atoms with Crippen LogP contribution in [0.1, 0.15) is 43.5 Å². The van der Waals surface area contributed by atoms with Crippen molar-refractivity contribution in [1.29, 1.82) is 0 Å². The summed E-state index contributed by atoms with van der Waals surface area (Å²) in [6.07, 6.45) is -2.45. The maximum atomic E-state index is 13.4. The highest BCUT2D eigenvalue weighted by Crippen LogP contribution is 2.53. The first-order valence-corrected chi connectivity index (χ1v) is 10.8. The van der Waals surface area contributed by atoms with Crippen molar-refractivity contribution in [1.82, 2.24) is 9.55 Å². The standard InChI is InChI=1S/C23H21ClF3N3O/c24-15-7-8-19-17(13-15)28-20(29(19)12-4-11-23(25,26)27)14-30-18-6-2-1-5-16(18)22(21(30)31)9-3-10-22/h1-2,5-8,13H,3-4,9-12,14H2. The molecule has 1 aromatic heterocycles. The van der Waals surface area contributed by atoms with Gasteiger partial charge < -0.3 is 9.47 Å². The molecule has 1 amide bonds. The number of hydrogen-bond donors (Lipinski definition) is 0. The van der Waals surface area contributed by atoms with Gasteiger partial charge in [0.25, 0.3) is 0 Å². The Morgan fingerprint density at radius 3 is 2.61 bits per heavy atom. The van der Waals surface area contributed by atoms with Gasteiger partial charge >= 0.3 is 6.18 Å². The van der Waals surface area contributed by atoms with Crippen molar-refractivity contribution in [2.45, 2.75) is 56.8 Å². The first kappa shape index (κ1) is 20.4. The molecule has 162 valence electrons. The number of fused-ring (bicyclic) bond motifs is 3. The van der Waals surface area contributed by atoms with Gasteiger partial charge in [0.15, 0.2) is 0 Å². The number of aryl methyl sites for hydroxylation is 1. The maximum Gasteiger partial charge on any atom is 0.389 e. The van der Waals surface area contributed by atoms with Gasteiger partial charge in [-0.3, -0.25) is 4.79 Å². The smallest absolute Gasteiger partial charge is 0.326 e. The topological polar surface area (TPSA) is 38.1 Å². The minimum atomic E-state index is -4.21. The second-order valence-electron chi connectivity index (χ2n) is 8.38. The third kappa shape index (κ3) is 3.39. The SMILES string of the molecule is O=C1N(Cc2nc3cc(Cl)ccc3n2CCCC(F)(F)F)c2ccccc2C12CCC2. The fourth-order valence-corrected chi connectivity index (χ4v) is 5.04. The summed E-state index contributed by atoms with van der Waals surface area (Å²) in [5.41, 5.74) is 2.81. The second-order valence-corrected chi connectivity index (χ2v) is 8.81. The summed E-state index contributed by atoms with van der Waals surface area (Å²) in [4.78, 5) is 19.8. The van der Waals surface area contributed by atoms with Crippen molar-refractivity contribution in [3.05, 3.63) is 58.9 Å². The van der Waals surface area contributed by atoms with Crippen molar-refractivity contribution in [3.8, 4) is 0 Å². The van der Waals surface area contributed by atoms with E-state index in [9.17, 15) is 18.0 Å². The van der Waals surface area contributed by atoms with Gasteiger partial charge in [0.2, 0.25) is 5.91 Å². The highest BCUT2D eigenvalue weighted by molar-refractivity contribution is 6.31. The number of benzene rings is 2. The molecule has 1 aliphatic carbocycles. The molecule has 31 heavy (non-hydrogen) atoms. The number of carbonyl (C=O) groups is 1. The van der Waals surface area contributed by atoms with Crippen LogP contribution in [0.2, 0.25) is 5.02 Å². The fraction of sp³-hybridized carbons (Fsp3) is 0.391. The molecule has 0 N–H and O–H groups in total. The minimum Gasteiger partial charge on any atom is -0.326 e. The second kappa shape index (κ2) is 7.26. The summed E-state index contributed by atoms with van der Waals surface area (Å²) in [7, 11) is 0. The van der Waals surface area contributed by atoms with E-state index in [-0.39, 0.29) is 25.4 Å². The van der Waals surface area contributed by atoms with E-state index >= 15 is 0 Å². The number of para-hydroxylation sites is 1. The lowest BCUT2D eigenvalue weighted by molar-refractivity contribution is -0.135. The zero-order chi connectivity index (χ0) is 21.8. The Kier molecular flexibility index (Phi) is 4.77. The predicted molar refractivity (Wildman–Crippen MR) is 113 cm³/mol. The maximum absolute atomic E-state index is 13.4. The van der Waals surface area contributed by atoms with Crippen molar-refractivity contribution in [2.75, 3.05) is 4.90 Å². The lowest BCUT2D eigenvalue weighted by atomic mass is 9.65. The van der Waals surface area contributed by atoms with E-state index in [1.54, 1.807) is 27.7 Å². The summed E-state index contributed by atoms with van der Waals surface area (Å²) < 4.78 is 40.0. The molecule has 0 unspecified atom stereocenters. The van der Waals surface area contributed by atoms with E-state index in [1.165, 1.54) is 0 Å². The molecule has 3 aromatic rings. The van der Waals surface area contributed by atoms with Gasteiger partial charge in [0.1, 0.15) is 5.82 Å². The first-order chi connectivity index (χ1) is 14.8. The lowest BCUT2D eigenvalue weighted by Gasteiger charge is -2.37. The van der Waals surface area contributed by atoms with Crippen molar-refractivity contribution in [2.24, 2.45) is 0 Å². The number of alkyl halides is 3. The number of amides is 1. The van der Waals surface area contributed by atoms with Crippen LogP contribution in [0, 0.1) is 0 Å². The molecule has 2 heterocycles. The molecule has 1 saturated carbocycles. The van der Waals surface area contributed by atoms with Crippen LogP contribution < -0.4 is 4.90 Å². The molecule has 4 nitrogen and oxygen atoms in total. The van der Waals surface area contributed by atoms with Crippen LogP contribution in [0.3, 0.4) is 0 Å². The molecule has 1 aliphatic heterocycles.